The fourth-order valence-electron chi connectivity index (χ4n) is 2.78. The number of nitrogens with one attached hydrogen (secondary N) is 1. The Morgan fingerprint density at radius 1 is 1.42 bits per heavy atom. The van der Waals surface area contributed by atoms with Crippen LogP contribution in [0.25, 0.3) is 0 Å². The molecule has 1 aliphatic rings. The summed E-state index contributed by atoms with van der Waals surface area (Å²) in [7, 11) is -3.05. The molecule has 146 valence electrons. The minimum Gasteiger partial charge on any atom is -0.360 e. The Morgan fingerprint density at radius 3 is 2.77 bits per heavy atom. The molecule has 2 rings (SSSR count). The van der Waals surface area contributed by atoms with Crippen molar-refractivity contribution in [2.24, 2.45) is 0 Å². The van der Waals surface area contributed by atoms with E-state index in [0.717, 1.165) is 12.8 Å². The highest BCUT2D eigenvalue weighted by Crippen LogP contribution is 2.20. The summed E-state index contributed by atoms with van der Waals surface area (Å²) in [6.07, 6.45) is 2.25. The number of anilines is 1. The Bertz CT molecular complexity index is 732. The molecule has 0 radical (unpaired) electrons. The standard InChI is InChI=1S/C16H25N3O5S2/c1-3-4-6-19(13-5-7-26(22,23)11-13)16(21)10-25-9-15(20)17-14-8-12(2)24-18-14/h8,13H,3-7,9-11H2,1-2H3,(H,17,18,20). The molecular formula is C16H25N3O5S2. The summed E-state index contributed by atoms with van der Waals surface area (Å²) >= 11 is 1.20. The lowest BCUT2D eigenvalue weighted by Gasteiger charge is -2.28. The van der Waals surface area contributed by atoms with Crippen molar-refractivity contribution in [3.05, 3.63) is 11.8 Å². The molecule has 0 spiro atoms. The van der Waals surface area contributed by atoms with Crippen LogP contribution in [0, 0.1) is 6.92 Å². The van der Waals surface area contributed by atoms with Gasteiger partial charge in [-0.3, -0.25) is 9.59 Å². The normalized spacial score (nSPS) is 18.6. The maximum Gasteiger partial charge on any atom is 0.235 e. The van der Waals surface area contributed by atoms with Crippen LogP contribution < -0.4 is 5.32 Å². The van der Waals surface area contributed by atoms with Crippen molar-refractivity contribution in [2.45, 2.75) is 39.2 Å². The van der Waals surface area contributed by atoms with E-state index in [0.29, 0.717) is 24.5 Å². The van der Waals surface area contributed by atoms with Gasteiger partial charge in [0.05, 0.1) is 23.0 Å². The highest BCUT2D eigenvalue weighted by molar-refractivity contribution is 8.00. The first-order chi connectivity index (χ1) is 12.3. The van der Waals surface area contributed by atoms with Crippen LogP contribution in [0.15, 0.2) is 10.6 Å². The first-order valence-corrected chi connectivity index (χ1v) is 11.6. The van der Waals surface area contributed by atoms with Crippen LogP contribution in [0.4, 0.5) is 5.82 Å². The van der Waals surface area contributed by atoms with Gasteiger partial charge in [0.15, 0.2) is 15.7 Å². The average molecular weight is 404 g/mol. The molecule has 2 amide bonds. The number of rotatable bonds is 9. The summed E-state index contributed by atoms with van der Waals surface area (Å²) in [6, 6.07) is 1.37. The monoisotopic (exact) mass is 403 g/mol. The summed E-state index contributed by atoms with van der Waals surface area (Å²) in [5.74, 6) is 1.00. The molecular weight excluding hydrogens is 378 g/mol. The van der Waals surface area contributed by atoms with Crippen molar-refractivity contribution in [1.82, 2.24) is 10.1 Å². The third-order valence-corrected chi connectivity index (χ3v) is 6.74. The Kier molecular flexibility index (Phi) is 7.51. The van der Waals surface area contributed by atoms with E-state index in [1.165, 1.54) is 11.8 Å². The number of unbranched alkanes of at least 4 members (excludes halogenated alkanes) is 1. The van der Waals surface area contributed by atoms with Gasteiger partial charge in [0, 0.05) is 18.7 Å². The van der Waals surface area contributed by atoms with E-state index in [2.05, 4.69) is 10.5 Å². The highest BCUT2D eigenvalue weighted by atomic mass is 32.2. The minimum atomic E-state index is -3.05. The molecule has 1 atom stereocenters. The number of carbonyl (C=O) groups excluding carboxylic acids is 2. The average Bonchev–Trinajstić information content (AvgIpc) is 3.13. The fourth-order valence-corrected chi connectivity index (χ4v) is 5.21. The quantitative estimate of drug-likeness (QED) is 0.665. The molecule has 1 aromatic rings. The summed E-state index contributed by atoms with van der Waals surface area (Å²) in [6.45, 7) is 4.31. The Balaban J connectivity index is 1.81. The van der Waals surface area contributed by atoms with Gasteiger partial charge in [-0.25, -0.2) is 8.42 Å². The van der Waals surface area contributed by atoms with E-state index in [4.69, 9.17) is 4.52 Å². The highest BCUT2D eigenvalue weighted by Gasteiger charge is 2.34. The number of aryl methyl sites for hydroxylation is 1. The first kappa shape index (κ1) is 20.8. The maximum absolute atomic E-state index is 12.5. The van der Waals surface area contributed by atoms with Crippen molar-refractivity contribution in [3.8, 4) is 0 Å². The number of thioether (sulfide) groups is 1. The molecule has 1 saturated heterocycles. The smallest absolute Gasteiger partial charge is 0.235 e. The molecule has 1 N–H and O–H groups in total. The van der Waals surface area contributed by atoms with Crippen LogP contribution in [0.2, 0.25) is 0 Å². The predicted molar refractivity (Wildman–Crippen MR) is 101 cm³/mol. The zero-order chi connectivity index (χ0) is 19.2. The van der Waals surface area contributed by atoms with E-state index >= 15 is 0 Å². The lowest BCUT2D eigenvalue weighted by atomic mass is 10.2. The topological polar surface area (TPSA) is 110 Å². The fraction of sp³-hybridized carbons (Fsp3) is 0.688. The van der Waals surface area contributed by atoms with Crippen molar-refractivity contribution in [3.63, 3.8) is 0 Å². The van der Waals surface area contributed by atoms with Crippen LogP contribution in [0.1, 0.15) is 31.9 Å². The summed E-state index contributed by atoms with van der Waals surface area (Å²) < 4.78 is 28.3. The molecule has 1 aromatic heterocycles. The molecule has 0 bridgehead atoms. The second kappa shape index (κ2) is 9.40. The van der Waals surface area contributed by atoms with Crippen LogP contribution in [-0.2, 0) is 19.4 Å². The van der Waals surface area contributed by atoms with E-state index in [1.807, 2.05) is 6.92 Å². The van der Waals surface area contributed by atoms with Crippen LogP contribution >= 0.6 is 11.8 Å². The Labute approximate surface area is 158 Å². The van der Waals surface area contributed by atoms with Crippen molar-refractivity contribution >= 4 is 39.2 Å². The van der Waals surface area contributed by atoms with Crippen LogP contribution in [-0.4, -0.2) is 65.9 Å². The molecule has 8 nitrogen and oxygen atoms in total. The third kappa shape index (κ3) is 6.31. The number of hydrogen-bond acceptors (Lipinski definition) is 7. The maximum atomic E-state index is 12.5. The molecule has 26 heavy (non-hydrogen) atoms. The molecule has 2 heterocycles. The number of aromatic nitrogens is 1. The number of sulfone groups is 1. The Morgan fingerprint density at radius 2 is 2.19 bits per heavy atom. The minimum absolute atomic E-state index is 0.0408. The molecule has 10 heteroatoms. The number of hydrogen-bond donors (Lipinski definition) is 1. The van der Waals surface area contributed by atoms with E-state index < -0.39 is 9.84 Å². The van der Waals surface area contributed by atoms with Crippen molar-refractivity contribution < 1.29 is 22.5 Å². The number of nitrogens with zero attached hydrogens (tertiary/aromatic N) is 2. The number of carbonyl (C=O) groups is 2. The summed E-state index contributed by atoms with van der Waals surface area (Å²) in [5.41, 5.74) is 0. The first-order valence-electron chi connectivity index (χ1n) is 8.61. The van der Waals surface area contributed by atoms with Gasteiger partial charge in [0.2, 0.25) is 11.8 Å². The van der Waals surface area contributed by atoms with Gasteiger partial charge in [-0.2, -0.15) is 0 Å². The second-order valence-electron chi connectivity index (χ2n) is 6.36. The van der Waals surface area contributed by atoms with Crippen LogP contribution in [0.5, 0.6) is 0 Å². The van der Waals surface area contributed by atoms with Gasteiger partial charge in [-0.15, -0.1) is 11.8 Å². The SMILES string of the molecule is CCCCN(C(=O)CSCC(=O)Nc1cc(C)on1)C1CCS(=O)(=O)C1. The van der Waals surface area contributed by atoms with Gasteiger partial charge in [0.25, 0.3) is 0 Å². The van der Waals surface area contributed by atoms with Gasteiger partial charge in [-0.05, 0) is 19.8 Å². The van der Waals surface area contributed by atoms with E-state index in [1.54, 1.807) is 17.9 Å². The predicted octanol–water partition coefficient (Wildman–Crippen LogP) is 1.47. The molecule has 0 saturated carbocycles. The molecule has 1 unspecified atom stereocenters. The zero-order valence-corrected chi connectivity index (χ0v) is 16.7. The largest absolute Gasteiger partial charge is 0.360 e. The van der Waals surface area contributed by atoms with Crippen LogP contribution in [0.3, 0.4) is 0 Å². The van der Waals surface area contributed by atoms with Gasteiger partial charge in [0.1, 0.15) is 5.76 Å². The molecule has 0 aromatic carbocycles. The Hall–Kier alpha value is -1.55. The third-order valence-electron chi connectivity index (χ3n) is 4.08. The number of amides is 2. The van der Waals surface area contributed by atoms with Crippen molar-refractivity contribution in [1.29, 1.82) is 0 Å². The molecule has 0 aliphatic carbocycles. The molecule has 1 aliphatic heterocycles. The van der Waals surface area contributed by atoms with E-state index in [9.17, 15) is 18.0 Å². The summed E-state index contributed by atoms with van der Waals surface area (Å²) in [4.78, 5) is 26.1. The van der Waals surface area contributed by atoms with Gasteiger partial charge in [-0.1, -0.05) is 18.5 Å². The van der Waals surface area contributed by atoms with Gasteiger partial charge >= 0.3 is 0 Å². The lowest BCUT2D eigenvalue weighted by molar-refractivity contribution is -0.130. The second-order valence-corrected chi connectivity index (χ2v) is 9.58. The lowest BCUT2D eigenvalue weighted by Crippen LogP contribution is -2.42. The zero-order valence-electron chi connectivity index (χ0n) is 15.1. The molecule has 1 fully saturated rings. The van der Waals surface area contributed by atoms with E-state index in [-0.39, 0.29) is 40.9 Å². The summed E-state index contributed by atoms with van der Waals surface area (Å²) in [5, 5.41) is 6.28. The van der Waals surface area contributed by atoms with Crippen molar-refractivity contribution in [2.75, 3.05) is 34.9 Å². The van der Waals surface area contributed by atoms with Gasteiger partial charge < -0.3 is 14.7 Å².